The number of hydrogen-bond donors (Lipinski definition) is 1. The number of oxazole rings is 1. The quantitative estimate of drug-likeness (QED) is 0.907. The lowest BCUT2D eigenvalue weighted by Gasteiger charge is -2.00. The molecule has 0 saturated carbocycles. The lowest BCUT2D eigenvalue weighted by atomic mass is 10.1. The van der Waals surface area contributed by atoms with Crippen LogP contribution in [-0.4, -0.2) is 16.1 Å². The average molecular weight is 342 g/mol. The minimum Gasteiger partial charge on any atom is -0.475 e. The van der Waals surface area contributed by atoms with Crippen molar-refractivity contribution in [2.24, 2.45) is 5.92 Å². The van der Waals surface area contributed by atoms with Crippen molar-refractivity contribution < 1.29 is 18.7 Å². The molecule has 2 rings (SSSR count). The fourth-order valence-corrected chi connectivity index (χ4v) is 2.16. The molecule has 0 aliphatic carbocycles. The number of carboxylic acid groups (broad SMARTS) is 1. The fraction of sp³-hybridized carbons (Fsp3) is 0.286. The Hall–Kier alpha value is -1.69. The van der Waals surface area contributed by atoms with Crippen molar-refractivity contribution in [2.45, 2.75) is 20.3 Å². The Morgan fingerprint density at radius 3 is 2.75 bits per heavy atom. The van der Waals surface area contributed by atoms with Crippen molar-refractivity contribution in [3.05, 3.63) is 39.9 Å². The molecule has 0 radical (unpaired) electrons. The molecule has 1 heterocycles. The zero-order valence-corrected chi connectivity index (χ0v) is 12.6. The number of rotatable bonds is 4. The molecule has 106 valence electrons. The number of carbonyl (C=O) groups is 1. The van der Waals surface area contributed by atoms with Crippen molar-refractivity contribution in [3.63, 3.8) is 0 Å². The van der Waals surface area contributed by atoms with Gasteiger partial charge in [-0.05, 0) is 30.5 Å². The molecule has 0 aliphatic rings. The third kappa shape index (κ3) is 3.07. The van der Waals surface area contributed by atoms with Gasteiger partial charge < -0.3 is 9.52 Å². The number of benzene rings is 1. The molecule has 0 unspecified atom stereocenters. The number of aromatic nitrogens is 1. The van der Waals surface area contributed by atoms with E-state index in [1.807, 2.05) is 13.8 Å². The summed E-state index contributed by atoms with van der Waals surface area (Å²) < 4.78 is 19.7. The summed E-state index contributed by atoms with van der Waals surface area (Å²) >= 11 is 3.16. The highest BCUT2D eigenvalue weighted by Gasteiger charge is 2.22. The lowest BCUT2D eigenvalue weighted by molar-refractivity contribution is 0.0661. The van der Waals surface area contributed by atoms with Crippen LogP contribution in [0.15, 0.2) is 27.1 Å². The Kier molecular flexibility index (Phi) is 4.23. The third-order valence-electron chi connectivity index (χ3n) is 2.65. The number of carboxylic acids is 1. The highest BCUT2D eigenvalue weighted by atomic mass is 79.9. The maximum Gasteiger partial charge on any atom is 0.373 e. The SMILES string of the molecule is CC(C)Cc1nc(-c2ccc(Br)cc2F)oc1C(=O)O. The zero-order valence-electron chi connectivity index (χ0n) is 11.0. The number of aromatic carboxylic acids is 1. The van der Waals surface area contributed by atoms with E-state index in [-0.39, 0.29) is 23.1 Å². The molecular formula is C14H13BrFNO3. The topological polar surface area (TPSA) is 63.3 Å². The normalized spacial score (nSPS) is 11.1. The maximum absolute atomic E-state index is 13.9. The second kappa shape index (κ2) is 5.75. The largest absolute Gasteiger partial charge is 0.475 e. The predicted molar refractivity (Wildman–Crippen MR) is 75.1 cm³/mol. The molecule has 0 amide bonds. The van der Waals surface area contributed by atoms with Crippen molar-refractivity contribution in [1.29, 1.82) is 0 Å². The maximum atomic E-state index is 13.9. The second-order valence-corrected chi connectivity index (χ2v) is 5.74. The van der Waals surface area contributed by atoms with Crippen molar-refractivity contribution >= 4 is 21.9 Å². The molecule has 1 aromatic heterocycles. The highest BCUT2D eigenvalue weighted by Crippen LogP contribution is 2.27. The molecule has 1 N–H and O–H groups in total. The molecular weight excluding hydrogens is 329 g/mol. The molecule has 0 bridgehead atoms. The average Bonchev–Trinajstić information content (AvgIpc) is 2.71. The van der Waals surface area contributed by atoms with Gasteiger partial charge in [-0.25, -0.2) is 14.2 Å². The fourth-order valence-electron chi connectivity index (χ4n) is 1.82. The summed E-state index contributed by atoms with van der Waals surface area (Å²) in [6.07, 6.45) is 0.462. The molecule has 6 heteroatoms. The molecule has 0 aliphatic heterocycles. The van der Waals surface area contributed by atoms with Crippen LogP contribution in [0.25, 0.3) is 11.5 Å². The van der Waals surface area contributed by atoms with E-state index < -0.39 is 11.8 Å². The first-order valence-electron chi connectivity index (χ1n) is 6.07. The van der Waals surface area contributed by atoms with E-state index in [1.165, 1.54) is 12.1 Å². The van der Waals surface area contributed by atoms with E-state index >= 15 is 0 Å². The monoisotopic (exact) mass is 341 g/mol. The smallest absolute Gasteiger partial charge is 0.373 e. The van der Waals surface area contributed by atoms with Crippen LogP contribution in [0.5, 0.6) is 0 Å². The Bertz CT molecular complexity index is 652. The van der Waals surface area contributed by atoms with Gasteiger partial charge in [0.05, 0.1) is 11.3 Å². The molecule has 1 aromatic carbocycles. The second-order valence-electron chi connectivity index (χ2n) is 4.82. The molecule has 20 heavy (non-hydrogen) atoms. The summed E-state index contributed by atoms with van der Waals surface area (Å²) in [5, 5.41) is 9.12. The van der Waals surface area contributed by atoms with Crippen molar-refractivity contribution in [2.75, 3.05) is 0 Å². The lowest BCUT2D eigenvalue weighted by Crippen LogP contribution is -2.03. The van der Waals surface area contributed by atoms with Crippen molar-refractivity contribution in [1.82, 2.24) is 4.98 Å². The minimum atomic E-state index is -1.20. The van der Waals surface area contributed by atoms with Gasteiger partial charge in [-0.1, -0.05) is 29.8 Å². The molecule has 4 nitrogen and oxygen atoms in total. The third-order valence-corrected chi connectivity index (χ3v) is 3.15. The Labute approximate surface area is 123 Å². The van der Waals surface area contributed by atoms with E-state index in [9.17, 15) is 9.18 Å². The summed E-state index contributed by atoms with van der Waals surface area (Å²) in [5.41, 5.74) is 0.482. The summed E-state index contributed by atoms with van der Waals surface area (Å²) in [5.74, 6) is -1.73. The van der Waals surface area contributed by atoms with Gasteiger partial charge in [0.25, 0.3) is 0 Å². The van der Waals surface area contributed by atoms with Crippen LogP contribution in [0.1, 0.15) is 30.1 Å². The van der Waals surface area contributed by atoms with Crippen LogP contribution in [0.3, 0.4) is 0 Å². The van der Waals surface area contributed by atoms with Crippen LogP contribution in [0, 0.1) is 11.7 Å². The van der Waals surface area contributed by atoms with E-state index in [4.69, 9.17) is 9.52 Å². The molecule has 2 aromatic rings. The van der Waals surface area contributed by atoms with E-state index in [1.54, 1.807) is 6.07 Å². The number of halogens is 2. The molecule has 0 saturated heterocycles. The number of hydrogen-bond acceptors (Lipinski definition) is 3. The van der Waals surface area contributed by atoms with Crippen molar-refractivity contribution in [3.8, 4) is 11.5 Å². The first-order chi connectivity index (χ1) is 9.38. The van der Waals surface area contributed by atoms with Crippen LogP contribution >= 0.6 is 15.9 Å². The van der Waals surface area contributed by atoms with Gasteiger partial charge in [0.15, 0.2) is 0 Å². The predicted octanol–water partition coefficient (Wildman–Crippen LogP) is 4.14. The Morgan fingerprint density at radius 2 is 2.20 bits per heavy atom. The highest BCUT2D eigenvalue weighted by molar-refractivity contribution is 9.10. The molecule has 0 spiro atoms. The van der Waals surface area contributed by atoms with Crippen LogP contribution < -0.4 is 0 Å². The first kappa shape index (κ1) is 14.7. The standard InChI is InChI=1S/C14H13BrFNO3/c1-7(2)5-11-12(14(18)19)20-13(17-11)9-4-3-8(15)6-10(9)16/h3-4,6-7H,5H2,1-2H3,(H,18,19). The van der Waals surface area contributed by atoms with Gasteiger partial charge in [0.1, 0.15) is 5.82 Å². The summed E-state index contributed by atoms with van der Waals surface area (Å²) in [7, 11) is 0. The van der Waals surface area contributed by atoms with Gasteiger partial charge in [0.2, 0.25) is 11.7 Å². The van der Waals surface area contributed by atoms with Crippen LogP contribution in [0.4, 0.5) is 4.39 Å². The Morgan fingerprint density at radius 1 is 1.50 bits per heavy atom. The minimum absolute atomic E-state index is 0.0111. The van der Waals surface area contributed by atoms with E-state index in [0.29, 0.717) is 16.6 Å². The van der Waals surface area contributed by atoms with E-state index in [2.05, 4.69) is 20.9 Å². The summed E-state index contributed by atoms with van der Waals surface area (Å²) in [6, 6.07) is 4.42. The Balaban J connectivity index is 2.49. The first-order valence-corrected chi connectivity index (χ1v) is 6.86. The van der Waals surface area contributed by atoms with Gasteiger partial charge in [0, 0.05) is 4.47 Å². The molecule has 0 fully saturated rings. The zero-order chi connectivity index (χ0) is 14.9. The summed E-state index contributed by atoms with van der Waals surface area (Å²) in [4.78, 5) is 15.3. The van der Waals surface area contributed by atoms with Gasteiger partial charge in [-0.2, -0.15) is 0 Å². The van der Waals surface area contributed by atoms with Gasteiger partial charge >= 0.3 is 5.97 Å². The van der Waals surface area contributed by atoms with Gasteiger partial charge in [-0.3, -0.25) is 0 Å². The number of nitrogens with zero attached hydrogens (tertiary/aromatic N) is 1. The van der Waals surface area contributed by atoms with E-state index in [0.717, 1.165) is 0 Å². The van der Waals surface area contributed by atoms with Crippen LogP contribution in [-0.2, 0) is 6.42 Å². The van der Waals surface area contributed by atoms with Crippen LogP contribution in [0.2, 0.25) is 0 Å². The summed E-state index contributed by atoms with van der Waals surface area (Å²) in [6.45, 7) is 3.89. The molecule has 0 atom stereocenters. The van der Waals surface area contributed by atoms with Gasteiger partial charge in [-0.15, -0.1) is 0 Å².